The van der Waals surface area contributed by atoms with Gasteiger partial charge in [-0.1, -0.05) is 12.1 Å². The number of pyridine rings is 1. The Morgan fingerprint density at radius 3 is 2.59 bits per heavy atom. The smallest absolute Gasteiger partial charge is 0.228 e. The van der Waals surface area contributed by atoms with E-state index in [1.165, 1.54) is 0 Å². The fraction of sp³-hybridized carbons (Fsp3) is 0.387. The summed E-state index contributed by atoms with van der Waals surface area (Å²) in [6, 6.07) is 13.7. The number of carbonyl (C=O) groups is 1. The lowest BCUT2D eigenvalue weighted by molar-refractivity contribution is -0.115. The summed E-state index contributed by atoms with van der Waals surface area (Å²) in [4.78, 5) is 19.5. The molecule has 0 aliphatic carbocycles. The van der Waals surface area contributed by atoms with Crippen molar-refractivity contribution in [2.24, 2.45) is 0 Å². The van der Waals surface area contributed by atoms with Crippen LogP contribution in [0.4, 0.5) is 5.69 Å². The van der Waals surface area contributed by atoms with E-state index in [1.54, 1.807) is 12.4 Å². The third-order valence-electron chi connectivity index (χ3n) is 7.02. The molecule has 8 nitrogen and oxygen atoms in total. The minimum Gasteiger partial charge on any atom is -0.490 e. The van der Waals surface area contributed by atoms with Crippen LogP contribution in [0.15, 0.2) is 61.1 Å². The van der Waals surface area contributed by atoms with Crippen molar-refractivity contribution in [2.75, 3.05) is 25.5 Å². The number of hydrogen-bond acceptors (Lipinski definition) is 6. The van der Waals surface area contributed by atoms with E-state index in [0.29, 0.717) is 5.69 Å². The number of rotatable bonds is 7. The van der Waals surface area contributed by atoms with E-state index in [9.17, 15) is 4.79 Å². The van der Waals surface area contributed by atoms with Crippen molar-refractivity contribution >= 4 is 22.5 Å². The number of fused-ring (bicyclic) bond motifs is 1. The zero-order valence-corrected chi connectivity index (χ0v) is 23.4. The minimum atomic E-state index is -0.142. The molecule has 0 unspecified atom stereocenters. The molecule has 2 aromatic carbocycles. The van der Waals surface area contributed by atoms with Crippen LogP contribution in [0.5, 0.6) is 17.2 Å². The molecule has 39 heavy (non-hydrogen) atoms. The second-order valence-electron chi connectivity index (χ2n) is 11.4. The fourth-order valence-electron chi connectivity index (χ4n) is 4.76. The summed E-state index contributed by atoms with van der Waals surface area (Å²) in [5, 5.41) is 8.19. The van der Waals surface area contributed by atoms with Crippen molar-refractivity contribution in [1.82, 2.24) is 19.7 Å². The summed E-state index contributed by atoms with van der Waals surface area (Å²) in [7, 11) is 2.15. The molecule has 5 rings (SSSR count). The highest BCUT2D eigenvalue weighted by molar-refractivity contribution is 5.92. The van der Waals surface area contributed by atoms with E-state index in [4.69, 9.17) is 9.47 Å². The van der Waals surface area contributed by atoms with Crippen molar-refractivity contribution < 1.29 is 14.3 Å². The molecule has 0 atom stereocenters. The first-order valence-corrected chi connectivity index (χ1v) is 13.5. The summed E-state index contributed by atoms with van der Waals surface area (Å²) in [5.41, 5.74) is 3.26. The van der Waals surface area contributed by atoms with E-state index in [1.807, 2.05) is 60.3 Å². The van der Waals surface area contributed by atoms with Crippen LogP contribution in [0.25, 0.3) is 10.9 Å². The SMILES string of the molecule is Cc1cc(CC(=O)Nc2cnn(C(C)(C)C)c2)ccc1Oc1ccnc2ccc(OC3CCN(C)CC3)cc12. The van der Waals surface area contributed by atoms with Gasteiger partial charge in [0.2, 0.25) is 5.91 Å². The Morgan fingerprint density at radius 2 is 1.87 bits per heavy atom. The Hall–Kier alpha value is -3.91. The predicted octanol–water partition coefficient (Wildman–Crippen LogP) is 5.94. The number of benzene rings is 2. The third-order valence-corrected chi connectivity index (χ3v) is 7.02. The minimum absolute atomic E-state index is 0.0891. The molecule has 8 heteroatoms. The maximum atomic E-state index is 12.7. The van der Waals surface area contributed by atoms with E-state index in [-0.39, 0.29) is 24.0 Å². The van der Waals surface area contributed by atoms with Crippen LogP contribution >= 0.6 is 0 Å². The van der Waals surface area contributed by atoms with Gasteiger partial charge in [-0.15, -0.1) is 0 Å². The summed E-state index contributed by atoms with van der Waals surface area (Å²) >= 11 is 0. The first-order valence-electron chi connectivity index (χ1n) is 13.5. The largest absolute Gasteiger partial charge is 0.490 e. The van der Waals surface area contributed by atoms with Gasteiger partial charge in [0, 0.05) is 30.9 Å². The number of ether oxygens (including phenoxy) is 2. The molecular formula is C31H37N5O3. The molecule has 1 fully saturated rings. The lowest BCUT2D eigenvalue weighted by Crippen LogP contribution is -2.35. The highest BCUT2D eigenvalue weighted by Crippen LogP contribution is 2.33. The quantitative estimate of drug-likeness (QED) is 0.320. The fourth-order valence-corrected chi connectivity index (χ4v) is 4.76. The van der Waals surface area contributed by atoms with Crippen LogP contribution < -0.4 is 14.8 Å². The van der Waals surface area contributed by atoms with Crippen molar-refractivity contribution in [2.45, 2.75) is 58.6 Å². The third kappa shape index (κ3) is 6.57. The molecule has 1 N–H and O–H groups in total. The van der Waals surface area contributed by atoms with Gasteiger partial charge in [0.1, 0.15) is 23.4 Å². The average Bonchev–Trinajstić information content (AvgIpc) is 3.36. The molecule has 1 amide bonds. The van der Waals surface area contributed by atoms with Crippen molar-refractivity contribution in [3.8, 4) is 17.2 Å². The number of anilines is 1. The van der Waals surface area contributed by atoms with Crippen LogP contribution in [-0.2, 0) is 16.8 Å². The number of aryl methyl sites for hydroxylation is 1. The summed E-state index contributed by atoms with van der Waals surface area (Å²) in [5.74, 6) is 2.20. The maximum absolute atomic E-state index is 12.7. The summed E-state index contributed by atoms with van der Waals surface area (Å²) < 4.78 is 14.5. The number of nitrogens with one attached hydrogen (secondary N) is 1. The Labute approximate surface area is 229 Å². The van der Waals surface area contributed by atoms with E-state index >= 15 is 0 Å². The van der Waals surface area contributed by atoms with Crippen LogP contribution in [0.1, 0.15) is 44.7 Å². The number of carbonyl (C=O) groups excluding carboxylic acids is 1. The van der Waals surface area contributed by atoms with Gasteiger partial charge < -0.3 is 19.7 Å². The standard InChI is InChI=1S/C31H37N5O3/c1-21-16-22(17-30(37)34-23-19-33-36(20-23)31(2,3)4)6-9-28(21)39-29-10-13-32-27-8-7-25(18-26(27)29)38-24-11-14-35(5)15-12-24/h6-10,13,16,18-20,24H,11-12,14-15,17H2,1-5H3,(H,34,37). The molecule has 1 aliphatic heterocycles. The number of piperidine rings is 1. The molecule has 1 saturated heterocycles. The lowest BCUT2D eigenvalue weighted by atomic mass is 10.1. The maximum Gasteiger partial charge on any atom is 0.228 e. The zero-order chi connectivity index (χ0) is 27.6. The van der Waals surface area contributed by atoms with Crippen LogP contribution in [0.3, 0.4) is 0 Å². The Kier molecular flexibility index (Phi) is 7.57. The highest BCUT2D eigenvalue weighted by atomic mass is 16.5. The Bertz CT molecular complexity index is 1460. The van der Waals surface area contributed by atoms with Crippen molar-refractivity contribution in [3.05, 3.63) is 72.2 Å². The van der Waals surface area contributed by atoms with Gasteiger partial charge in [-0.25, -0.2) is 0 Å². The highest BCUT2D eigenvalue weighted by Gasteiger charge is 2.19. The molecule has 0 radical (unpaired) electrons. The first kappa shape index (κ1) is 26.7. The molecule has 0 bridgehead atoms. The van der Waals surface area contributed by atoms with Crippen LogP contribution in [0, 0.1) is 6.92 Å². The van der Waals surface area contributed by atoms with Crippen molar-refractivity contribution in [3.63, 3.8) is 0 Å². The predicted molar refractivity (Wildman–Crippen MR) is 154 cm³/mol. The normalized spacial score (nSPS) is 14.9. The molecule has 204 valence electrons. The second kappa shape index (κ2) is 11.1. The molecule has 0 saturated carbocycles. The van der Waals surface area contributed by atoms with Crippen LogP contribution in [0.2, 0.25) is 0 Å². The first-order chi connectivity index (χ1) is 18.6. The molecule has 0 spiro atoms. The Morgan fingerprint density at radius 1 is 1.08 bits per heavy atom. The van der Waals surface area contributed by atoms with Gasteiger partial charge >= 0.3 is 0 Å². The second-order valence-corrected chi connectivity index (χ2v) is 11.4. The topological polar surface area (TPSA) is 81.5 Å². The van der Waals surface area contributed by atoms with Gasteiger partial charge in [-0.3, -0.25) is 14.5 Å². The summed E-state index contributed by atoms with van der Waals surface area (Å²) in [6.07, 6.45) is 7.81. The van der Waals surface area contributed by atoms with Gasteiger partial charge in [-0.05, 0) is 89.0 Å². The molecule has 1 aliphatic rings. The zero-order valence-electron chi connectivity index (χ0n) is 23.4. The van der Waals surface area contributed by atoms with E-state index in [0.717, 1.165) is 65.2 Å². The van der Waals surface area contributed by atoms with Gasteiger partial charge in [0.05, 0.1) is 29.4 Å². The molecular weight excluding hydrogens is 490 g/mol. The van der Waals surface area contributed by atoms with E-state index < -0.39 is 0 Å². The van der Waals surface area contributed by atoms with E-state index in [2.05, 4.69) is 48.1 Å². The number of hydrogen-bond donors (Lipinski definition) is 1. The Balaban J connectivity index is 1.26. The number of nitrogens with zero attached hydrogens (tertiary/aromatic N) is 4. The lowest BCUT2D eigenvalue weighted by Gasteiger charge is -2.29. The number of amides is 1. The van der Waals surface area contributed by atoms with Gasteiger partial charge in [0.25, 0.3) is 0 Å². The number of aromatic nitrogens is 3. The van der Waals surface area contributed by atoms with Gasteiger partial charge in [-0.2, -0.15) is 5.10 Å². The van der Waals surface area contributed by atoms with Gasteiger partial charge in [0.15, 0.2) is 0 Å². The molecule has 3 heterocycles. The van der Waals surface area contributed by atoms with Crippen LogP contribution in [-0.4, -0.2) is 51.8 Å². The summed E-state index contributed by atoms with van der Waals surface area (Å²) in [6.45, 7) is 10.3. The monoisotopic (exact) mass is 527 g/mol. The molecule has 2 aromatic heterocycles. The number of likely N-dealkylation sites (tertiary alicyclic amines) is 1. The van der Waals surface area contributed by atoms with Crippen molar-refractivity contribution in [1.29, 1.82) is 0 Å². The average molecular weight is 528 g/mol. The molecule has 4 aromatic rings.